The van der Waals surface area contributed by atoms with E-state index >= 15 is 0 Å². The van der Waals surface area contributed by atoms with E-state index in [1.165, 1.54) is 6.26 Å². The highest BCUT2D eigenvalue weighted by Crippen LogP contribution is 2.17. The summed E-state index contributed by atoms with van der Waals surface area (Å²) in [6, 6.07) is 11.3. The highest BCUT2D eigenvalue weighted by Gasteiger charge is 2.15. The Kier molecular flexibility index (Phi) is 6.41. The van der Waals surface area contributed by atoms with E-state index in [0.717, 1.165) is 0 Å². The topological polar surface area (TPSA) is 118 Å². The van der Waals surface area contributed by atoms with E-state index in [9.17, 15) is 14.4 Å². The van der Waals surface area contributed by atoms with Gasteiger partial charge in [-0.05, 0) is 43.3 Å². The zero-order valence-corrected chi connectivity index (χ0v) is 15.8. The molecule has 0 aliphatic carbocycles. The fourth-order valence-corrected chi connectivity index (χ4v) is 2.56. The summed E-state index contributed by atoms with van der Waals surface area (Å²) in [6.07, 6.45) is 4.82. The number of carbonyl (C=O) groups excluding carboxylic acids is 3. The molecular formula is C20H21N5O4. The minimum absolute atomic E-state index is 0.0966. The summed E-state index contributed by atoms with van der Waals surface area (Å²) in [6.45, 7) is 1.91. The van der Waals surface area contributed by atoms with Gasteiger partial charge in [-0.2, -0.15) is 5.10 Å². The van der Waals surface area contributed by atoms with Crippen molar-refractivity contribution >= 4 is 29.1 Å². The van der Waals surface area contributed by atoms with Gasteiger partial charge in [-0.15, -0.1) is 0 Å². The van der Waals surface area contributed by atoms with Crippen LogP contribution in [0, 0.1) is 0 Å². The maximum absolute atomic E-state index is 12.3. The molecule has 2 aromatic heterocycles. The Hall–Kier alpha value is -3.88. The second-order valence-electron chi connectivity index (χ2n) is 6.26. The average molecular weight is 395 g/mol. The molecule has 0 aliphatic rings. The average Bonchev–Trinajstić information content (AvgIpc) is 3.41. The number of carbonyl (C=O) groups is 3. The zero-order chi connectivity index (χ0) is 20.6. The third-order valence-electron chi connectivity index (χ3n) is 4.10. The summed E-state index contributed by atoms with van der Waals surface area (Å²) >= 11 is 0. The van der Waals surface area contributed by atoms with Crippen LogP contribution >= 0.6 is 0 Å². The zero-order valence-electron chi connectivity index (χ0n) is 15.8. The van der Waals surface area contributed by atoms with Crippen molar-refractivity contribution in [2.75, 3.05) is 17.2 Å². The number of furan rings is 1. The summed E-state index contributed by atoms with van der Waals surface area (Å²) in [5.74, 6) is -0.673. The molecule has 1 aromatic carbocycles. The van der Waals surface area contributed by atoms with Gasteiger partial charge in [-0.3, -0.25) is 19.1 Å². The predicted octanol–water partition coefficient (Wildman–Crippen LogP) is 2.43. The van der Waals surface area contributed by atoms with Crippen molar-refractivity contribution in [1.82, 2.24) is 15.1 Å². The lowest BCUT2D eigenvalue weighted by molar-refractivity contribution is -0.119. The number of anilines is 2. The molecule has 0 saturated carbocycles. The third-order valence-corrected chi connectivity index (χ3v) is 4.10. The number of hydrogen-bond donors (Lipinski definition) is 3. The van der Waals surface area contributed by atoms with Crippen LogP contribution in [0.25, 0.3) is 0 Å². The van der Waals surface area contributed by atoms with Crippen molar-refractivity contribution in [3.8, 4) is 0 Å². The molecule has 0 radical (unpaired) electrons. The van der Waals surface area contributed by atoms with Crippen molar-refractivity contribution < 1.29 is 18.8 Å². The third kappa shape index (κ3) is 5.55. The van der Waals surface area contributed by atoms with Crippen LogP contribution in [0.4, 0.5) is 11.4 Å². The minimum atomic E-state index is -0.471. The SMILES string of the molecule is CC(C(=O)Nc1cccc(NC(=O)CCNC(=O)c2ccco2)c1)n1cccn1. The van der Waals surface area contributed by atoms with Crippen LogP contribution in [0.2, 0.25) is 0 Å². The number of benzene rings is 1. The number of amides is 3. The number of hydrogen-bond acceptors (Lipinski definition) is 5. The lowest BCUT2D eigenvalue weighted by atomic mass is 10.2. The van der Waals surface area contributed by atoms with Crippen molar-refractivity contribution in [3.05, 3.63) is 66.9 Å². The highest BCUT2D eigenvalue weighted by molar-refractivity contribution is 5.96. The molecule has 0 fully saturated rings. The Morgan fingerprint density at radius 1 is 1.10 bits per heavy atom. The van der Waals surface area contributed by atoms with Gasteiger partial charge < -0.3 is 20.4 Å². The Balaban J connectivity index is 1.48. The van der Waals surface area contributed by atoms with Gasteiger partial charge in [-0.25, -0.2) is 0 Å². The molecule has 3 N–H and O–H groups in total. The molecule has 0 saturated heterocycles. The molecule has 29 heavy (non-hydrogen) atoms. The summed E-state index contributed by atoms with van der Waals surface area (Å²) in [7, 11) is 0. The van der Waals surface area contributed by atoms with Crippen molar-refractivity contribution in [1.29, 1.82) is 0 Å². The van der Waals surface area contributed by atoms with Crippen LogP contribution in [0.15, 0.2) is 65.5 Å². The summed E-state index contributed by atoms with van der Waals surface area (Å²) < 4.78 is 6.53. The van der Waals surface area contributed by atoms with Crippen LogP contribution in [0.1, 0.15) is 29.9 Å². The van der Waals surface area contributed by atoms with Gasteiger partial charge in [0, 0.05) is 36.7 Å². The van der Waals surface area contributed by atoms with E-state index in [-0.39, 0.29) is 36.4 Å². The number of aromatic nitrogens is 2. The lowest BCUT2D eigenvalue weighted by Crippen LogP contribution is -2.27. The fourth-order valence-electron chi connectivity index (χ4n) is 2.56. The van der Waals surface area contributed by atoms with Crippen LogP contribution in [0.5, 0.6) is 0 Å². The maximum Gasteiger partial charge on any atom is 0.286 e. The first-order valence-corrected chi connectivity index (χ1v) is 9.04. The minimum Gasteiger partial charge on any atom is -0.459 e. The summed E-state index contributed by atoms with van der Waals surface area (Å²) in [5, 5.41) is 12.2. The molecule has 9 heteroatoms. The van der Waals surface area contributed by atoms with E-state index < -0.39 is 6.04 Å². The van der Waals surface area contributed by atoms with Crippen molar-refractivity contribution in [3.63, 3.8) is 0 Å². The molecule has 3 rings (SSSR count). The molecule has 3 amide bonds. The monoisotopic (exact) mass is 395 g/mol. The smallest absolute Gasteiger partial charge is 0.286 e. The van der Waals surface area contributed by atoms with Crippen LogP contribution in [0.3, 0.4) is 0 Å². The first-order chi connectivity index (χ1) is 14.0. The second-order valence-corrected chi connectivity index (χ2v) is 6.26. The van der Waals surface area contributed by atoms with Gasteiger partial charge in [-0.1, -0.05) is 6.07 Å². The Morgan fingerprint density at radius 2 is 1.90 bits per heavy atom. The van der Waals surface area contributed by atoms with E-state index in [2.05, 4.69) is 21.0 Å². The van der Waals surface area contributed by atoms with Crippen molar-refractivity contribution in [2.24, 2.45) is 0 Å². The van der Waals surface area contributed by atoms with Crippen molar-refractivity contribution in [2.45, 2.75) is 19.4 Å². The summed E-state index contributed by atoms with van der Waals surface area (Å²) in [4.78, 5) is 36.2. The molecule has 3 aromatic rings. The number of nitrogens with zero attached hydrogens (tertiary/aromatic N) is 2. The highest BCUT2D eigenvalue weighted by atomic mass is 16.3. The van der Waals surface area contributed by atoms with Gasteiger partial charge in [0.15, 0.2) is 5.76 Å². The molecule has 150 valence electrons. The molecule has 9 nitrogen and oxygen atoms in total. The van der Waals surface area contributed by atoms with Crippen LogP contribution in [-0.2, 0) is 9.59 Å². The van der Waals surface area contributed by atoms with E-state index in [1.54, 1.807) is 66.5 Å². The number of nitrogens with one attached hydrogen (secondary N) is 3. The van der Waals surface area contributed by atoms with Gasteiger partial charge in [0.25, 0.3) is 5.91 Å². The molecule has 2 heterocycles. The Morgan fingerprint density at radius 3 is 2.59 bits per heavy atom. The molecular weight excluding hydrogens is 374 g/mol. The molecule has 1 unspecified atom stereocenters. The molecule has 0 aliphatic heterocycles. The van der Waals surface area contributed by atoms with Gasteiger partial charge in [0.05, 0.1) is 6.26 Å². The van der Waals surface area contributed by atoms with Crippen LogP contribution in [-0.4, -0.2) is 34.0 Å². The normalized spacial score (nSPS) is 11.5. The van der Waals surface area contributed by atoms with Gasteiger partial charge >= 0.3 is 0 Å². The summed E-state index contributed by atoms with van der Waals surface area (Å²) in [5.41, 5.74) is 1.09. The first-order valence-electron chi connectivity index (χ1n) is 9.04. The van der Waals surface area contributed by atoms with E-state index in [0.29, 0.717) is 11.4 Å². The van der Waals surface area contributed by atoms with E-state index in [4.69, 9.17) is 4.42 Å². The maximum atomic E-state index is 12.3. The number of rotatable bonds is 8. The van der Waals surface area contributed by atoms with Gasteiger partial charge in [0.2, 0.25) is 11.8 Å². The Bertz CT molecular complexity index is 967. The first kappa shape index (κ1) is 19.9. The van der Waals surface area contributed by atoms with E-state index in [1.807, 2.05) is 0 Å². The van der Waals surface area contributed by atoms with Gasteiger partial charge in [0.1, 0.15) is 6.04 Å². The lowest BCUT2D eigenvalue weighted by Gasteiger charge is -2.13. The Labute approximate surface area is 167 Å². The standard InChI is InChI=1S/C20H21N5O4/c1-14(25-11-4-9-22-25)19(27)24-16-6-2-5-15(13-16)23-18(26)8-10-21-20(28)17-7-3-12-29-17/h2-7,9,11-14H,8,10H2,1H3,(H,21,28)(H,23,26)(H,24,27). The quantitative estimate of drug-likeness (QED) is 0.541. The molecule has 1 atom stereocenters. The molecule has 0 bridgehead atoms. The second kappa shape index (κ2) is 9.36. The largest absolute Gasteiger partial charge is 0.459 e. The molecule has 0 spiro atoms. The fraction of sp³-hybridized carbons (Fsp3) is 0.200. The predicted molar refractivity (Wildman–Crippen MR) is 106 cm³/mol. The van der Waals surface area contributed by atoms with Crippen LogP contribution < -0.4 is 16.0 Å².